The highest BCUT2D eigenvalue weighted by Crippen LogP contribution is 2.30. The highest BCUT2D eigenvalue weighted by Gasteiger charge is 2.27. The van der Waals surface area contributed by atoms with Gasteiger partial charge in [-0.15, -0.1) is 0 Å². The maximum absolute atomic E-state index is 13.0. The van der Waals surface area contributed by atoms with Gasteiger partial charge in [0, 0.05) is 13.1 Å². The Labute approximate surface area is 184 Å². The molecule has 8 heteroatoms. The van der Waals surface area contributed by atoms with E-state index in [1.807, 2.05) is 45.9 Å². The third kappa shape index (κ3) is 5.84. The standard InChI is InChI=1S/C23H30N2O5S/c1-16(2)30-22-8-7-20(31(27,28)25-9-11-29-12-10-25)15-21(22)24-23(26)14-19-6-5-17(3)18(4)13-19/h5-8,13,15-16H,9-12,14H2,1-4H3,(H,24,26). The van der Waals surface area contributed by atoms with Crippen molar-refractivity contribution in [1.82, 2.24) is 4.31 Å². The number of benzene rings is 2. The Morgan fingerprint density at radius 2 is 1.81 bits per heavy atom. The first-order chi connectivity index (χ1) is 14.7. The smallest absolute Gasteiger partial charge is 0.243 e. The highest BCUT2D eigenvalue weighted by atomic mass is 32.2. The number of carbonyl (C=O) groups excluding carboxylic acids is 1. The number of hydrogen-bond donors (Lipinski definition) is 1. The molecule has 0 aliphatic carbocycles. The van der Waals surface area contributed by atoms with E-state index < -0.39 is 10.0 Å². The average Bonchev–Trinajstić information content (AvgIpc) is 2.72. The Morgan fingerprint density at radius 3 is 2.45 bits per heavy atom. The summed E-state index contributed by atoms with van der Waals surface area (Å²) in [5.74, 6) is 0.196. The van der Waals surface area contributed by atoms with E-state index >= 15 is 0 Å². The molecule has 0 bridgehead atoms. The van der Waals surface area contributed by atoms with E-state index in [0.29, 0.717) is 37.7 Å². The largest absolute Gasteiger partial charge is 0.489 e. The predicted octanol–water partition coefficient (Wildman–Crippen LogP) is 3.29. The van der Waals surface area contributed by atoms with Gasteiger partial charge in [0.1, 0.15) is 5.75 Å². The molecule has 1 saturated heterocycles. The summed E-state index contributed by atoms with van der Waals surface area (Å²) in [6.45, 7) is 9.13. The molecule has 1 heterocycles. The molecule has 1 fully saturated rings. The Hall–Kier alpha value is -2.42. The predicted molar refractivity (Wildman–Crippen MR) is 120 cm³/mol. The molecular weight excluding hydrogens is 416 g/mol. The molecule has 0 atom stereocenters. The summed E-state index contributed by atoms with van der Waals surface area (Å²) in [5, 5.41) is 2.84. The zero-order valence-corrected chi connectivity index (χ0v) is 19.3. The van der Waals surface area contributed by atoms with Crippen LogP contribution in [0.15, 0.2) is 41.3 Å². The fourth-order valence-electron chi connectivity index (χ4n) is 3.35. The number of amides is 1. The van der Waals surface area contributed by atoms with E-state index in [9.17, 15) is 13.2 Å². The number of aryl methyl sites for hydroxylation is 2. The van der Waals surface area contributed by atoms with E-state index in [-0.39, 0.29) is 23.3 Å². The molecule has 0 unspecified atom stereocenters. The molecule has 0 spiro atoms. The fourth-order valence-corrected chi connectivity index (χ4v) is 4.79. The van der Waals surface area contributed by atoms with Crippen LogP contribution in [0.2, 0.25) is 0 Å². The number of ether oxygens (including phenoxy) is 2. The van der Waals surface area contributed by atoms with Gasteiger partial charge in [-0.1, -0.05) is 18.2 Å². The Balaban J connectivity index is 1.86. The van der Waals surface area contributed by atoms with Gasteiger partial charge in [0.15, 0.2) is 0 Å². The van der Waals surface area contributed by atoms with E-state index in [1.54, 1.807) is 6.07 Å². The Morgan fingerprint density at radius 1 is 1.10 bits per heavy atom. The lowest BCUT2D eigenvalue weighted by Gasteiger charge is -2.26. The van der Waals surface area contributed by atoms with Crippen LogP contribution in [-0.2, 0) is 26.0 Å². The van der Waals surface area contributed by atoms with Crippen LogP contribution in [-0.4, -0.2) is 51.0 Å². The molecular formula is C23H30N2O5S. The minimum Gasteiger partial charge on any atom is -0.489 e. The molecule has 31 heavy (non-hydrogen) atoms. The minimum atomic E-state index is -3.69. The quantitative estimate of drug-likeness (QED) is 0.705. The monoisotopic (exact) mass is 446 g/mol. The average molecular weight is 447 g/mol. The molecule has 2 aromatic carbocycles. The van der Waals surface area contributed by atoms with Crippen molar-refractivity contribution in [2.24, 2.45) is 0 Å². The first kappa shape index (κ1) is 23.2. The third-order valence-electron chi connectivity index (χ3n) is 5.13. The van der Waals surface area contributed by atoms with Gasteiger partial charge >= 0.3 is 0 Å². The summed E-state index contributed by atoms with van der Waals surface area (Å²) >= 11 is 0. The van der Waals surface area contributed by atoms with Gasteiger partial charge in [-0.3, -0.25) is 4.79 Å². The first-order valence-electron chi connectivity index (χ1n) is 10.4. The van der Waals surface area contributed by atoms with E-state index in [4.69, 9.17) is 9.47 Å². The van der Waals surface area contributed by atoms with Crippen molar-refractivity contribution in [3.63, 3.8) is 0 Å². The molecule has 3 rings (SSSR count). The summed E-state index contributed by atoms with van der Waals surface area (Å²) in [6.07, 6.45) is 0.0555. The van der Waals surface area contributed by atoms with E-state index in [2.05, 4.69) is 5.32 Å². The van der Waals surface area contributed by atoms with E-state index in [0.717, 1.165) is 16.7 Å². The molecule has 2 aromatic rings. The fraction of sp³-hybridized carbons (Fsp3) is 0.435. The van der Waals surface area contributed by atoms with Gasteiger partial charge in [-0.2, -0.15) is 4.31 Å². The lowest BCUT2D eigenvalue weighted by molar-refractivity contribution is -0.115. The van der Waals surface area contributed by atoms with Crippen molar-refractivity contribution in [1.29, 1.82) is 0 Å². The maximum atomic E-state index is 13.0. The molecule has 0 aromatic heterocycles. The van der Waals surface area contributed by atoms with Crippen molar-refractivity contribution >= 4 is 21.6 Å². The zero-order valence-electron chi connectivity index (χ0n) is 18.5. The second-order valence-electron chi connectivity index (χ2n) is 7.98. The molecule has 1 amide bonds. The summed E-state index contributed by atoms with van der Waals surface area (Å²) in [6, 6.07) is 10.5. The maximum Gasteiger partial charge on any atom is 0.243 e. The van der Waals surface area contributed by atoms with Gasteiger partial charge in [0.25, 0.3) is 0 Å². The summed E-state index contributed by atoms with van der Waals surface area (Å²) in [4.78, 5) is 12.9. The van der Waals surface area contributed by atoms with Gasteiger partial charge < -0.3 is 14.8 Å². The second-order valence-corrected chi connectivity index (χ2v) is 9.92. The molecule has 1 aliphatic heterocycles. The molecule has 7 nitrogen and oxygen atoms in total. The van der Waals surface area contributed by atoms with Crippen molar-refractivity contribution in [3.8, 4) is 5.75 Å². The van der Waals surface area contributed by atoms with Gasteiger partial charge in [0.05, 0.1) is 36.3 Å². The number of hydrogen-bond acceptors (Lipinski definition) is 5. The molecule has 1 aliphatic rings. The Bertz CT molecular complexity index is 1040. The van der Waals surface area contributed by atoms with Crippen LogP contribution in [0.1, 0.15) is 30.5 Å². The van der Waals surface area contributed by atoms with Crippen LogP contribution in [0, 0.1) is 13.8 Å². The normalized spacial score (nSPS) is 15.1. The van der Waals surface area contributed by atoms with Crippen LogP contribution < -0.4 is 10.1 Å². The van der Waals surface area contributed by atoms with Crippen molar-refractivity contribution in [3.05, 3.63) is 53.1 Å². The lowest BCUT2D eigenvalue weighted by Crippen LogP contribution is -2.40. The van der Waals surface area contributed by atoms with Crippen LogP contribution in [0.4, 0.5) is 5.69 Å². The number of sulfonamides is 1. The van der Waals surface area contributed by atoms with Crippen LogP contribution >= 0.6 is 0 Å². The van der Waals surface area contributed by atoms with Crippen LogP contribution in [0.5, 0.6) is 5.75 Å². The lowest BCUT2D eigenvalue weighted by atomic mass is 10.0. The van der Waals surface area contributed by atoms with Crippen molar-refractivity contribution in [2.75, 3.05) is 31.6 Å². The van der Waals surface area contributed by atoms with Crippen LogP contribution in [0.3, 0.4) is 0 Å². The van der Waals surface area contributed by atoms with Gasteiger partial charge in [-0.25, -0.2) is 8.42 Å². The SMILES string of the molecule is Cc1ccc(CC(=O)Nc2cc(S(=O)(=O)N3CCOCC3)ccc2OC(C)C)cc1C. The third-order valence-corrected chi connectivity index (χ3v) is 7.03. The second kappa shape index (κ2) is 9.80. The first-order valence-corrected chi connectivity index (χ1v) is 11.9. The number of nitrogens with zero attached hydrogens (tertiary/aromatic N) is 1. The minimum absolute atomic E-state index is 0.118. The number of morpholine rings is 1. The summed E-state index contributed by atoms with van der Waals surface area (Å²) < 4.78 is 38.5. The van der Waals surface area contributed by atoms with Crippen molar-refractivity contribution in [2.45, 2.75) is 45.1 Å². The summed E-state index contributed by atoms with van der Waals surface area (Å²) in [7, 11) is -3.69. The Kier molecular flexibility index (Phi) is 7.35. The highest BCUT2D eigenvalue weighted by molar-refractivity contribution is 7.89. The van der Waals surface area contributed by atoms with Gasteiger partial charge in [0.2, 0.25) is 15.9 Å². The van der Waals surface area contributed by atoms with E-state index in [1.165, 1.54) is 16.4 Å². The topological polar surface area (TPSA) is 84.9 Å². The number of carbonyl (C=O) groups is 1. The summed E-state index contributed by atoms with van der Waals surface area (Å²) in [5.41, 5.74) is 3.52. The molecule has 1 N–H and O–H groups in total. The molecule has 168 valence electrons. The molecule has 0 radical (unpaired) electrons. The van der Waals surface area contributed by atoms with Crippen LogP contribution in [0.25, 0.3) is 0 Å². The number of nitrogens with one attached hydrogen (secondary N) is 1. The molecule has 0 saturated carbocycles. The van der Waals surface area contributed by atoms with Crippen molar-refractivity contribution < 1.29 is 22.7 Å². The zero-order chi connectivity index (χ0) is 22.6. The number of anilines is 1. The van der Waals surface area contributed by atoms with Gasteiger partial charge in [-0.05, 0) is 62.6 Å². The number of rotatable bonds is 7.